The van der Waals surface area contributed by atoms with Crippen LogP contribution in [0.3, 0.4) is 0 Å². The zero-order valence-corrected chi connectivity index (χ0v) is 7.79. The summed E-state index contributed by atoms with van der Waals surface area (Å²) in [6, 6.07) is 0. The van der Waals surface area contributed by atoms with E-state index in [1.165, 1.54) is 0 Å². The average molecular weight is 172 g/mol. The zero-order chi connectivity index (χ0) is 9.56. The van der Waals surface area contributed by atoms with E-state index in [9.17, 15) is 0 Å². The van der Waals surface area contributed by atoms with Gasteiger partial charge in [0.15, 0.2) is 0 Å². The molecule has 2 N–H and O–H groups in total. The van der Waals surface area contributed by atoms with Crippen LogP contribution < -0.4 is 0 Å². The van der Waals surface area contributed by atoms with Crippen LogP contribution in [0.15, 0.2) is 12.2 Å². The second-order valence-corrected chi connectivity index (χ2v) is 2.94. The summed E-state index contributed by atoms with van der Waals surface area (Å²) >= 11 is 0. The molecular weight excluding hydrogens is 155 g/mol. The largest absolute Gasteiger partial charge is 0.634 e. The van der Waals surface area contributed by atoms with E-state index in [-0.39, 0.29) is 6.10 Å². The van der Waals surface area contributed by atoms with Crippen molar-refractivity contribution in [3.8, 4) is 0 Å². The van der Waals surface area contributed by atoms with E-state index in [1.807, 2.05) is 6.92 Å². The molecule has 0 rings (SSSR count). The fourth-order valence-corrected chi connectivity index (χ4v) is 0.967. The van der Waals surface area contributed by atoms with Crippen molar-refractivity contribution in [3.63, 3.8) is 0 Å². The molecule has 0 aromatic heterocycles. The molecule has 70 valence electrons. The number of rotatable bonds is 6. The van der Waals surface area contributed by atoms with E-state index in [0.717, 1.165) is 24.8 Å². The Balaban J connectivity index is 3.78. The van der Waals surface area contributed by atoms with Crippen molar-refractivity contribution in [2.75, 3.05) is 0 Å². The minimum Gasteiger partial charge on any atom is -0.402 e. The lowest BCUT2D eigenvalue weighted by atomic mass is 10.1. The highest BCUT2D eigenvalue weighted by Crippen LogP contribution is 2.12. The highest BCUT2D eigenvalue weighted by molar-refractivity contribution is 6.32. The smallest absolute Gasteiger partial charge is 0.402 e. The molecule has 3 nitrogen and oxygen atoms in total. The molecular formula is C8H17BO3. The summed E-state index contributed by atoms with van der Waals surface area (Å²) < 4.78 is 4.83. The van der Waals surface area contributed by atoms with E-state index in [0.29, 0.717) is 0 Å². The molecule has 0 fully saturated rings. The van der Waals surface area contributed by atoms with Gasteiger partial charge in [0.1, 0.15) is 0 Å². The van der Waals surface area contributed by atoms with Crippen molar-refractivity contribution in [3.05, 3.63) is 12.2 Å². The summed E-state index contributed by atoms with van der Waals surface area (Å²) in [5, 5.41) is 17.1. The van der Waals surface area contributed by atoms with Gasteiger partial charge in [-0.15, -0.1) is 0 Å². The van der Waals surface area contributed by atoms with E-state index in [4.69, 9.17) is 14.7 Å². The van der Waals surface area contributed by atoms with Gasteiger partial charge >= 0.3 is 7.32 Å². The van der Waals surface area contributed by atoms with Gasteiger partial charge in [-0.25, -0.2) is 0 Å². The van der Waals surface area contributed by atoms with Crippen LogP contribution in [0.1, 0.15) is 33.1 Å². The number of hydrogen-bond donors (Lipinski definition) is 2. The molecule has 0 aliphatic rings. The summed E-state index contributed by atoms with van der Waals surface area (Å²) in [4.78, 5) is 0. The molecule has 0 bridgehead atoms. The Bertz CT molecular complexity index is 136. The summed E-state index contributed by atoms with van der Waals surface area (Å²) in [5.41, 5.74) is 0.830. The van der Waals surface area contributed by atoms with Gasteiger partial charge in [-0.2, -0.15) is 0 Å². The highest BCUT2D eigenvalue weighted by atomic mass is 16.6. The monoisotopic (exact) mass is 172 g/mol. The van der Waals surface area contributed by atoms with Gasteiger partial charge in [-0.05, 0) is 13.3 Å². The molecule has 0 aromatic carbocycles. The van der Waals surface area contributed by atoms with Crippen LogP contribution in [-0.4, -0.2) is 23.5 Å². The van der Waals surface area contributed by atoms with Gasteiger partial charge in [0, 0.05) is 0 Å². The lowest BCUT2D eigenvalue weighted by Gasteiger charge is -2.17. The topological polar surface area (TPSA) is 49.7 Å². The summed E-state index contributed by atoms with van der Waals surface area (Å²) in [6.45, 7) is 7.61. The van der Waals surface area contributed by atoms with Crippen LogP contribution in [0.25, 0.3) is 0 Å². The first kappa shape index (κ1) is 11.7. The SMILES string of the molecule is C=C(C)C(CCCC)OB(O)O. The number of hydrogen-bond acceptors (Lipinski definition) is 3. The molecule has 0 saturated carbocycles. The van der Waals surface area contributed by atoms with Crippen LogP contribution in [0.4, 0.5) is 0 Å². The predicted molar refractivity (Wildman–Crippen MR) is 49.4 cm³/mol. The molecule has 0 saturated heterocycles. The Morgan fingerprint density at radius 2 is 2.17 bits per heavy atom. The Morgan fingerprint density at radius 1 is 1.58 bits per heavy atom. The van der Waals surface area contributed by atoms with Gasteiger partial charge in [0.05, 0.1) is 6.10 Å². The maximum absolute atomic E-state index is 8.56. The Morgan fingerprint density at radius 3 is 2.50 bits per heavy atom. The molecule has 0 aliphatic carbocycles. The third-order valence-electron chi connectivity index (χ3n) is 1.66. The minimum absolute atomic E-state index is 0.232. The molecule has 0 amide bonds. The van der Waals surface area contributed by atoms with Gasteiger partial charge in [0.25, 0.3) is 0 Å². The third-order valence-corrected chi connectivity index (χ3v) is 1.66. The standard InChI is InChI=1S/C8H17BO3/c1-4-5-6-8(7(2)3)12-9(10)11/h8,10-11H,2,4-6H2,1,3H3. The lowest BCUT2D eigenvalue weighted by Crippen LogP contribution is -2.26. The molecule has 0 aliphatic heterocycles. The minimum atomic E-state index is -1.69. The maximum atomic E-state index is 8.56. The normalized spacial score (nSPS) is 12.7. The second kappa shape index (κ2) is 6.23. The quantitative estimate of drug-likeness (QED) is 0.466. The lowest BCUT2D eigenvalue weighted by molar-refractivity contribution is 0.132. The van der Waals surface area contributed by atoms with Crippen molar-refractivity contribution in [1.82, 2.24) is 0 Å². The summed E-state index contributed by atoms with van der Waals surface area (Å²) in [7, 11) is -1.69. The van der Waals surface area contributed by atoms with Gasteiger partial charge in [0.2, 0.25) is 0 Å². The fourth-order valence-electron chi connectivity index (χ4n) is 0.967. The first-order valence-corrected chi connectivity index (χ1v) is 4.25. The predicted octanol–water partition coefficient (Wildman–Crippen LogP) is 1.11. The molecule has 0 aromatic rings. The van der Waals surface area contributed by atoms with Crippen molar-refractivity contribution < 1.29 is 14.7 Å². The maximum Gasteiger partial charge on any atom is 0.634 e. The van der Waals surface area contributed by atoms with Crippen LogP contribution in [-0.2, 0) is 4.65 Å². The third kappa shape index (κ3) is 5.35. The Hall–Kier alpha value is -0.315. The average Bonchev–Trinajstić information content (AvgIpc) is 1.96. The van der Waals surface area contributed by atoms with Crippen molar-refractivity contribution in [1.29, 1.82) is 0 Å². The summed E-state index contributed by atoms with van der Waals surface area (Å²) in [5.74, 6) is 0. The van der Waals surface area contributed by atoms with Crippen molar-refractivity contribution in [2.45, 2.75) is 39.2 Å². The zero-order valence-electron chi connectivity index (χ0n) is 7.79. The summed E-state index contributed by atoms with van der Waals surface area (Å²) in [6.07, 6.45) is 2.63. The van der Waals surface area contributed by atoms with Crippen molar-refractivity contribution in [2.24, 2.45) is 0 Å². The van der Waals surface area contributed by atoms with E-state index in [1.54, 1.807) is 0 Å². The van der Waals surface area contributed by atoms with E-state index >= 15 is 0 Å². The number of unbranched alkanes of at least 4 members (excludes halogenated alkanes) is 1. The first-order chi connectivity index (χ1) is 5.57. The first-order valence-electron chi connectivity index (χ1n) is 4.25. The highest BCUT2D eigenvalue weighted by Gasteiger charge is 2.17. The van der Waals surface area contributed by atoms with Crippen LogP contribution in [0.2, 0.25) is 0 Å². The Kier molecular flexibility index (Phi) is 6.07. The molecule has 4 heteroatoms. The van der Waals surface area contributed by atoms with Crippen LogP contribution >= 0.6 is 0 Å². The molecule has 0 heterocycles. The molecule has 1 unspecified atom stereocenters. The van der Waals surface area contributed by atoms with Gasteiger partial charge in [-0.3, -0.25) is 0 Å². The molecule has 0 spiro atoms. The van der Waals surface area contributed by atoms with Crippen LogP contribution in [0.5, 0.6) is 0 Å². The second-order valence-electron chi connectivity index (χ2n) is 2.94. The van der Waals surface area contributed by atoms with Gasteiger partial charge < -0.3 is 14.7 Å². The van der Waals surface area contributed by atoms with E-state index in [2.05, 4.69) is 13.5 Å². The Labute approximate surface area is 74.2 Å². The molecule has 0 radical (unpaired) electrons. The fraction of sp³-hybridized carbons (Fsp3) is 0.750. The van der Waals surface area contributed by atoms with Crippen LogP contribution in [0, 0.1) is 0 Å². The molecule has 12 heavy (non-hydrogen) atoms. The van der Waals surface area contributed by atoms with Crippen molar-refractivity contribution >= 4 is 7.32 Å². The van der Waals surface area contributed by atoms with Gasteiger partial charge in [-0.1, -0.05) is 31.9 Å². The van der Waals surface area contributed by atoms with E-state index < -0.39 is 7.32 Å². The molecule has 1 atom stereocenters.